The standard InChI is InChI=1S/C20H34N4O2/c1-17-6-8-18(9-7-17)26-13-5-10-22-19(21-4)23-16-20(2,3)24-11-14-25-15-12-24/h6-9H,5,10-16H2,1-4H3,(H2,21,22,23). The van der Waals surface area contributed by atoms with Gasteiger partial charge in [0.1, 0.15) is 5.75 Å². The molecule has 2 N–H and O–H groups in total. The van der Waals surface area contributed by atoms with Crippen molar-refractivity contribution < 1.29 is 9.47 Å². The molecule has 0 aromatic heterocycles. The van der Waals surface area contributed by atoms with Gasteiger partial charge in [0.2, 0.25) is 0 Å². The van der Waals surface area contributed by atoms with Crippen molar-refractivity contribution in [2.45, 2.75) is 32.7 Å². The molecule has 1 aromatic carbocycles. The molecule has 0 bridgehead atoms. The molecule has 0 radical (unpaired) electrons. The van der Waals surface area contributed by atoms with Crippen LogP contribution >= 0.6 is 0 Å². The molecule has 26 heavy (non-hydrogen) atoms. The zero-order valence-electron chi connectivity index (χ0n) is 16.7. The van der Waals surface area contributed by atoms with Gasteiger partial charge in [-0.15, -0.1) is 0 Å². The van der Waals surface area contributed by atoms with Gasteiger partial charge in [0, 0.05) is 38.8 Å². The molecule has 0 amide bonds. The van der Waals surface area contributed by atoms with E-state index >= 15 is 0 Å². The number of aliphatic imine (C=N–C) groups is 1. The summed E-state index contributed by atoms with van der Waals surface area (Å²) in [5, 5.41) is 6.79. The van der Waals surface area contributed by atoms with E-state index in [0.29, 0.717) is 6.61 Å². The fourth-order valence-electron chi connectivity index (χ4n) is 2.90. The van der Waals surface area contributed by atoms with Gasteiger partial charge >= 0.3 is 0 Å². The summed E-state index contributed by atoms with van der Waals surface area (Å²) in [6, 6.07) is 8.15. The lowest BCUT2D eigenvalue weighted by atomic mass is 10.0. The van der Waals surface area contributed by atoms with Crippen LogP contribution in [0.3, 0.4) is 0 Å². The van der Waals surface area contributed by atoms with Gasteiger partial charge in [0.15, 0.2) is 5.96 Å². The maximum Gasteiger partial charge on any atom is 0.191 e. The highest BCUT2D eigenvalue weighted by atomic mass is 16.5. The Morgan fingerprint density at radius 3 is 2.54 bits per heavy atom. The van der Waals surface area contributed by atoms with E-state index in [1.54, 1.807) is 7.05 Å². The number of ether oxygens (including phenoxy) is 2. The smallest absolute Gasteiger partial charge is 0.191 e. The summed E-state index contributed by atoms with van der Waals surface area (Å²) in [6.07, 6.45) is 0.918. The van der Waals surface area contributed by atoms with Crippen molar-refractivity contribution in [1.82, 2.24) is 15.5 Å². The Bertz CT molecular complexity index is 551. The van der Waals surface area contributed by atoms with E-state index in [2.05, 4.69) is 53.4 Å². The molecule has 0 spiro atoms. The lowest BCUT2D eigenvalue weighted by Crippen LogP contribution is -2.56. The largest absolute Gasteiger partial charge is 0.494 e. The first-order chi connectivity index (χ1) is 12.5. The zero-order chi connectivity index (χ0) is 18.8. The Morgan fingerprint density at radius 2 is 1.88 bits per heavy atom. The number of benzene rings is 1. The molecule has 1 aromatic rings. The van der Waals surface area contributed by atoms with Crippen LogP contribution in [0.4, 0.5) is 0 Å². The highest BCUT2D eigenvalue weighted by Crippen LogP contribution is 2.15. The predicted octanol–water partition coefficient (Wildman–Crippen LogP) is 2.04. The molecular formula is C20H34N4O2. The third-order valence-corrected chi connectivity index (χ3v) is 4.68. The van der Waals surface area contributed by atoms with Crippen LogP contribution in [-0.4, -0.2) is 69.4 Å². The summed E-state index contributed by atoms with van der Waals surface area (Å²) in [5.41, 5.74) is 1.31. The number of rotatable bonds is 8. The Morgan fingerprint density at radius 1 is 1.19 bits per heavy atom. The van der Waals surface area contributed by atoms with E-state index in [9.17, 15) is 0 Å². The normalized spacial score (nSPS) is 16.4. The van der Waals surface area contributed by atoms with Gasteiger partial charge in [-0.05, 0) is 39.3 Å². The first-order valence-corrected chi connectivity index (χ1v) is 9.48. The van der Waals surface area contributed by atoms with Crippen molar-refractivity contribution in [3.8, 4) is 5.75 Å². The first kappa shape index (κ1) is 20.5. The van der Waals surface area contributed by atoms with E-state index in [4.69, 9.17) is 9.47 Å². The zero-order valence-corrected chi connectivity index (χ0v) is 16.7. The minimum atomic E-state index is 0.0654. The SMILES string of the molecule is CN=C(NCCCOc1ccc(C)cc1)NCC(C)(C)N1CCOCC1. The molecule has 1 fully saturated rings. The van der Waals surface area contributed by atoms with Crippen LogP contribution in [0.25, 0.3) is 0 Å². The summed E-state index contributed by atoms with van der Waals surface area (Å²) in [4.78, 5) is 6.78. The van der Waals surface area contributed by atoms with E-state index in [-0.39, 0.29) is 5.54 Å². The molecule has 0 unspecified atom stereocenters. The van der Waals surface area contributed by atoms with Crippen LogP contribution in [0.15, 0.2) is 29.3 Å². The van der Waals surface area contributed by atoms with E-state index in [0.717, 1.165) is 57.5 Å². The molecule has 1 heterocycles. The fraction of sp³-hybridized carbons (Fsp3) is 0.650. The first-order valence-electron chi connectivity index (χ1n) is 9.48. The van der Waals surface area contributed by atoms with Crippen molar-refractivity contribution in [1.29, 1.82) is 0 Å². The monoisotopic (exact) mass is 362 g/mol. The maximum atomic E-state index is 5.75. The predicted molar refractivity (Wildman–Crippen MR) is 107 cm³/mol. The topological polar surface area (TPSA) is 58.1 Å². The van der Waals surface area contributed by atoms with Crippen molar-refractivity contribution in [2.75, 3.05) is 53.0 Å². The van der Waals surface area contributed by atoms with Crippen molar-refractivity contribution in [3.63, 3.8) is 0 Å². The van der Waals surface area contributed by atoms with Crippen molar-refractivity contribution in [2.24, 2.45) is 4.99 Å². The summed E-state index contributed by atoms with van der Waals surface area (Å²) in [5.74, 6) is 1.76. The summed E-state index contributed by atoms with van der Waals surface area (Å²) in [6.45, 7) is 12.5. The molecule has 146 valence electrons. The van der Waals surface area contributed by atoms with Gasteiger partial charge in [-0.25, -0.2) is 0 Å². The Kier molecular flexibility index (Phi) is 8.19. The van der Waals surface area contributed by atoms with Gasteiger partial charge in [-0.1, -0.05) is 17.7 Å². The molecule has 1 aliphatic heterocycles. The highest BCUT2D eigenvalue weighted by molar-refractivity contribution is 5.79. The van der Waals surface area contributed by atoms with Crippen LogP contribution in [-0.2, 0) is 4.74 Å². The van der Waals surface area contributed by atoms with Crippen LogP contribution in [0, 0.1) is 6.92 Å². The lowest BCUT2D eigenvalue weighted by Gasteiger charge is -2.41. The fourth-order valence-corrected chi connectivity index (χ4v) is 2.90. The minimum absolute atomic E-state index is 0.0654. The molecule has 1 aliphatic rings. The second kappa shape index (κ2) is 10.4. The van der Waals surface area contributed by atoms with Crippen LogP contribution in [0.2, 0.25) is 0 Å². The molecule has 1 saturated heterocycles. The van der Waals surface area contributed by atoms with Gasteiger partial charge < -0.3 is 20.1 Å². The molecule has 6 nitrogen and oxygen atoms in total. The Hall–Kier alpha value is -1.79. The van der Waals surface area contributed by atoms with Gasteiger partial charge in [0.25, 0.3) is 0 Å². The summed E-state index contributed by atoms with van der Waals surface area (Å²) < 4.78 is 11.2. The quantitative estimate of drug-likeness (QED) is 0.421. The molecule has 0 atom stereocenters. The molecule has 0 aliphatic carbocycles. The third kappa shape index (κ3) is 6.84. The van der Waals surface area contributed by atoms with Crippen LogP contribution in [0.1, 0.15) is 25.8 Å². The Labute approximate surface area is 158 Å². The highest BCUT2D eigenvalue weighted by Gasteiger charge is 2.28. The average molecular weight is 363 g/mol. The molecule has 6 heteroatoms. The minimum Gasteiger partial charge on any atom is -0.494 e. The second-order valence-corrected chi connectivity index (χ2v) is 7.28. The number of hydrogen-bond donors (Lipinski definition) is 2. The number of guanidine groups is 1. The van der Waals surface area contributed by atoms with E-state index < -0.39 is 0 Å². The second-order valence-electron chi connectivity index (χ2n) is 7.28. The third-order valence-electron chi connectivity index (χ3n) is 4.68. The van der Waals surface area contributed by atoms with Crippen molar-refractivity contribution in [3.05, 3.63) is 29.8 Å². The lowest BCUT2D eigenvalue weighted by molar-refractivity contribution is -0.00833. The van der Waals surface area contributed by atoms with Crippen molar-refractivity contribution >= 4 is 5.96 Å². The summed E-state index contributed by atoms with van der Waals surface area (Å²) in [7, 11) is 1.81. The molecular weight excluding hydrogens is 328 g/mol. The average Bonchev–Trinajstić information content (AvgIpc) is 2.66. The molecule has 0 saturated carbocycles. The van der Waals surface area contributed by atoms with Gasteiger partial charge in [-0.2, -0.15) is 0 Å². The van der Waals surface area contributed by atoms with E-state index in [1.807, 2.05) is 12.1 Å². The van der Waals surface area contributed by atoms with E-state index in [1.165, 1.54) is 5.56 Å². The number of nitrogens with zero attached hydrogens (tertiary/aromatic N) is 2. The van der Waals surface area contributed by atoms with Gasteiger partial charge in [-0.3, -0.25) is 9.89 Å². The van der Waals surface area contributed by atoms with Crippen LogP contribution < -0.4 is 15.4 Å². The molecule has 2 rings (SSSR count). The number of aryl methyl sites for hydroxylation is 1. The maximum absolute atomic E-state index is 5.75. The number of hydrogen-bond acceptors (Lipinski definition) is 4. The number of morpholine rings is 1. The van der Waals surface area contributed by atoms with Gasteiger partial charge in [0.05, 0.1) is 19.8 Å². The number of nitrogens with one attached hydrogen (secondary N) is 2. The Balaban J connectivity index is 1.63. The summed E-state index contributed by atoms with van der Waals surface area (Å²) >= 11 is 0. The van der Waals surface area contributed by atoms with Crippen LogP contribution in [0.5, 0.6) is 5.75 Å².